The van der Waals surface area contributed by atoms with E-state index in [0.29, 0.717) is 11.5 Å². The van der Waals surface area contributed by atoms with E-state index < -0.39 is 0 Å². The van der Waals surface area contributed by atoms with E-state index in [1.54, 1.807) is 0 Å². The Kier molecular flexibility index (Phi) is 3.57. The van der Waals surface area contributed by atoms with Crippen molar-refractivity contribution >= 4 is 0 Å². The third-order valence-electron chi connectivity index (χ3n) is 3.97. The summed E-state index contributed by atoms with van der Waals surface area (Å²) in [6.45, 7) is 11.2. The van der Waals surface area contributed by atoms with E-state index in [4.69, 9.17) is 0 Å². The second-order valence-electron chi connectivity index (χ2n) is 5.80. The van der Waals surface area contributed by atoms with Gasteiger partial charge in [0.25, 0.3) is 0 Å². The summed E-state index contributed by atoms with van der Waals surface area (Å²) in [5.74, 6) is 0.760. The van der Waals surface area contributed by atoms with Gasteiger partial charge >= 0.3 is 0 Å². The van der Waals surface area contributed by atoms with Gasteiger partial charge in [-0.2, -0.15) is 5.10 Å². The molecule has 17 heavy (non-hydrogen) atoms. The van der Waals surface area contributed by atoms with E-state index in [-0.39, 0.29) is 0 Å². The molecular weight excluding hydrogens is 210 g/mol. The average Bonchev–Trinajstić information content (AvgIpc) is 2.76. The monoisotopic (exact) mass is 235 g/mol. The maximum Gasteiger partial charge on any atom is 0.0556 e. The van der Waals surface area contributed by atoms with Crippen LogP contribution in [0.15, 0.2) is 12.3 Å². The van der Waals surface area contributed by atoms with Crippen molar-refractivity contribution in [3.05, 3.63) is 18.0 Å². The van der Waals surface area contributed by atoms with Gasteiger partial charge in [-0.15, -0.1) is 0 Å². The molecule has 3 heteroatoms. The lowest BCUT2D eigenvalue weighted by Gasteiger charge is -2.21. The summed E-state index contributed by atoms with van der Waals surface area (Å²) in [5, 5.41) is 8.10. The summed E-state index contributed by atoms with van der Waals surface area (Å²) in [7, 11) is 0. The van der Waals surface area contributed by atoms with Gasteiger partial charge in [0.2, 0.25) is 0 Å². The molecule has 3 nitrogen and oxygen atoms in total. The Balaban J connectivity index is 2.16. The van der Waals surface area contributed by atoms with Crippen molar-refractivity contribution in [2.75, 3.05) is 6.54 Å². The number of hydrogen-bond donors (Lipinski definition) is 1. The minimum absolute atomic E-state index is 0.479. The summed E-state index contributed by atoms with van der Waals surface area (Å²) < 4.78 is 2.13. The molecule has 1 heterocycles. The molecule has 2 unspecified atom stereocenters. The van der Waals surface area contributed by atoms with Crippen LogP contribution in [0, 0.1) is 11.3 Å². The second kappa shape index (κ2) is 4.81. The number of nitrogens with one attached hydrogen (secondary N) is 1. The third-order valence-corrected chi connectivity index (χ3v) is 3.97. The van der Waals surface area contributed by atoms with Gasteiger partial charge in [0.15, 0.2) is 0 Å². The van der Waals surface area contributed by atoms with Crippen LogP contribution in [0.5, 0.6) is 0 Å². The fraction of sp³-hybridized carbons (Fsp3) is 0.786. The van der Waals surface area contributed by atoms with Gasteiger partial charge in [-0.05, 0) is 43.7 Å². The van der Waals surface area contributed by atoms with Crippen LogP contribution >= 0.6 is 0 Å². The van der Waals surface area contributed by atoms with Crippen LogP contribution in [0.4, 0.5) is 0 Å². The number of aryl methyl sites for hydroxylation is 1. The van der Waals surface area contributed by atoms with Crippen molar-refractivity contribution in [3.63, 3.8) is 0 Å². The van der Waals surface area contributed by atoms with E-state index in [9.17, 15) is 0 Å². The van der Waals surface area contributed by atoms with Crippen molar-refractivity contribution in [1.29, 1.82) is 0 Å². The highest BCUT2D eigenvalue weighted by molar-refractivity contribution is 5.15. The first-order chi connectivity index (χ1) is 8.10. The van der Waals surface area contributed by atoms with Gasteiger partial charge in [-0.3, -0.25) is 4.68 Å². The maximum absolute atomic E-state index is 4.40. The fourth-order valence-electron chi connectivity index (χ4n) is 2.70. The largest absolute Gasteiger partial charge is 0.308 e. The van der Waals surface area contributed by atoms with Crippen molar-refractivity contribution < 1.29 is 0 Å². The van der Waals surface area contributed by atoms with E-state index in [1.165, 1.54) is 18.5 Å². The smallest absolute Gasteiger partial charge is 0.0556 e. The van der Waals surface area contributed by atoms with Crippen molar-refractivity contribution in [2.24, 2.45) is 11.3 Å². The molecule has 2 atom stereocenters. The highest BCUT2D eigenvalue weighted by Crippen LogP contribution is 2.57. The number of hydrogen-bond acceptors (Lipinski definition) is 2. The van der Waals surface area contributed by atoms with E-state index in [0.717, 1.165) is 19.0 Å². The summed E-state index contributed by atoms with van der Waals surface area (Å²) in [5.41, 5.74) is 1.85. The lowest BCUT2D eigenvalue weighted by molar-refractivity contribution is 0.391. The molecule has 2 rings (SSSR count). The molecule has 1 aliphatic carbocycles. The summed E-state index contributed by atoms with van der Waals surface area (Å²) in [6, 6.07) is 2.65. The molecule has 96 valence electrons. The van der Waals surface area contributed by atoms with Crippen LogP contribution in [0.25, 0.3) is 0 Å². The molecule has 1 saturated carbocycles. The van der Waals surface area contributed by atoms with E-state index in [1.807, 2.05) is 6.20 Å². The second-order valence-corrected chi connectivity index (χ2v) is 5.80. The first-order valence-corrected chi connectivity index (χ1v) is 6.85. The first kappa shape index (κ1) is 12.6. The van der Waals surface area contributed by atoms with Gasteiger partial charge < -0.3 is 5.32 Å². The van der Waals surface area contributed by atoms with Crippen LogP contribution in [0.3, 0.4) is 0 Å². The van der Waals surface area contributed by atoms with Crippen molar-refractivity contribution in [1.82, 2.24) is 15.1 Å². The van der Waals surface area contributed by atoms with Crippen LogP contribution < -0.4 is 5.32 Å². The van der Waals surface area contributed by atoms with Crippen molar-refractivity contribution in [3.8, 4) is 0 Å². The number of aromatic nitrogens is 2. The normalized spacial score (nSPS) is 23.6. The molecule has 0 spiro atoms. The van der Waals surface area contributed by atoms with Gasteiger partial charge in [0.05, 0.1) is 11.7 Å². The zero-order chi connectivity index (χ0) is 12.5. The average molecular weight is 235 g/mol. The molecule has 0 aliphatic heterocycles. The predicted molar refractivity (Wildman–Crippen MR) is 70.8 cm³/mol. The highest BCUT2D eigenvalue weighted by atomic mass is 15.3. The standard InChI is InChI=1S/C14H25N3/c1-5-8-15-13(11-10-14(11,3)4)12-7-9-16-17(12)6-2/h7,9,11,13,15H,5-6,8,10H2,1-4H3. The Morgan fingerprint density at radius 3 is 2.76 bits per heavy atom. The van der Waals surface area contributed by atoms with Gasteiger partial charge in [-0.1, -0.05) is 20.8 Å². The Hall–Kier alpha value is -0.830. The molecule has 1 fully saturated rings. The Bertz CT molecular complexity index is 367. The highest BCUT2D eigenvalue weighted by Gasteiger charge is 2.50. The molecule has 1 aromatic heterocycles. The zero-order valence-electron chi connectivity index (χ0n) is 11.5. The van der Waals surface area contributed by atoms with Crippen LogP contribution in [-0.4, -0.2) is 16.3 Å². The van der Waals surface area contributed by atoms with E-state index >= 15 is 0 Å². The fourth-order valence-corrected chi connectivity index (χ4v) is 2.70. The van der Waals surface area contributed by atoms with Crippen LogP contribution in [0.1, 0.15) is 52.3 Å². The summed E-state index contributed by atoms with van der Waals surface area (Å²) in [4.78, 5) is 0. The minimum atomic E-state index is 0.479. The maximum atomic E-state index is 4.40. The molecule has 1 aliphatic rings. The molecule has 1 N–H and O–H groups in total. The van der Waals surface area contributed by atoms with Gasteiger partial charge in [0.1, 0.15) is 0 Å². The Morgan fingerprint density at radius 2 is 2.24 bits per heavy atom. The molecule has 1 aromatic rings. The number of nitrogens with zero attached hydrogens (tertiary/aromatic N) is 2. The summed E-state index contributed by atoms with van der Waals surface area (Å²) >= 11 is 0. The molecule has 0 bridgehead atoms. The SMILES string of the molecule is CCCNC(c1ccnn1CC)C1CC1(C)C. The van der Waals surface area contributed by atoms with Gasteiger partial charge in [0, 0.05) is 12.7 Å². The first-order valence-electron chi connectivity index (χ1n) is 6.85. The lowest BCUT2D eigenvalue weighted by Crippen LogP contribution is -2.27. The molecular formula is C14H25N3. The Labute approximate surface area is 105 Å². The summed E-state index contributed by atoms with van der Waals surface area (Å²) in [6.07, 6.45) is 4.43. The topological polar surface area (TPSA) is 29.9 Å². The number of rotatable bonds is 6. The van der Waals surface area contributed by atoms with Gasteiger partial charge in [-0.25, -0.2) is 0 Å². The lowest BCUT2D eigenvalue weighted by atomic mass is 10.0. The zero-order valence-corrected chi connectivity index (χ0v) is 11.5. The molecule has 0 saturated heterocycles. The molecule has 0 amide bonds. The van der Waals surface area contributed by atoms with Crippen LogP contribution in [-0.2, 0) is 6.54 Å². The quantitative estimate of drug-likeness (QED) is 0.821. The van der Waals surface area contributed by atoms with E-state index in [2.05, 4.69) is 48.9 Å². The van der Waals surface area contributed by atoms with Crippen molar-refractivity contribution in [2.45, 2.75) is 53.1 Å². The molecule has 0 radical (unpaired) electrons. The minimum Gasteiger partial charge on any atom is -0.308 e. The molecule has 0 aromatic carbocycles. The Morgan fingerprint density at radius 1 is 1.53 bits per heavy atom. The third kappa shape index (κ3) is 2.54. The van der Waals surface area contributed by atoms with Crippen LogP contribution in [0.2, 0.25) is 0 Å². The predicted octanol–water partition coefficient (Wildman–Crippen LogP) is 2.99.